The molecule has 0 unspecified atom stereocenters. The molecular formula is C16H15Cl2NO2. The molecule has 0 aliphatic carbocycles. The van der Waals surface area contributed by atoms with Crippen LogP contribution in [-0.4, -0.2) is 13.1 Å². The van der Waals surface area contributed by atoms with Crippen LogP contribution >= 0.6 is 23.2 Å². The predicted octanol–water partition coefficient (Wildman–Crippen LogP) is 4.76. The van der Waals surface area contributed by atoms with Gasteiger partial charge in [-0.3, -0.25) is 4.79 Å². The van der Waals surface area contributed by atoms with Crippen LogP contribution in [0.15, 0.2) is 36.4 Å². The van der Waals surface area contributed by atoms with E-state index in [9.17, 15) is 4.79 Å². The highest BCUT2D eigenvalue weighted by Crippen LogP contribution is 2.33. The van der Waals surface area contributed by atoms with Gasteiger partial charge in [-0.1, -0.05) is 41.4 Å². The maximum atomic E-state index is 11.5. The van der Waals surface area contributed by atoms with E-state index in [0.717, 1.165) is 22.5 Å². The minimum atomic E-state index is -0.289. The van der Waals surface area contributed by atoms with Gasteiger partial charge in [-0.2, -0.15) is 0 Å². The van der Waals surface area contributed by atoms with Crippen molar-refractivity contribution in [2.24, 2.45) is 0 Å². The lowest BCUT2D eigenvalue weighted by Crippen LogP contribution is -2.06. The molecule has 2 aromatic carbocycles. The summed E-state index contributed by atoms with van der Waals surface area (Å²) in [7, 11) is 1.37. The summed E-state index contributed by atoms with van der Waals surface area (Å²) in [5.74, 6) is -0.289. The zero-order chi connectivity index (χ0) is 15.4. The van der Waals surface area contributed by atoms with Gasteiger partial charge in [0.05, 0.1) is 24.2 Å². The quantitative estimate of drug-likeness (QED) is 0.824. The molecular weight excluding hydrogens is 309 g/mol. The number of hydrogen-bond acceptors (Lipinski definition) is 3. The van der Waals surface area contributed by atoms with Crippen molar-refractivity contribution in [3.05, 3.63) is 57.6 Å². The van der Waals surface area contributed by atoms with Gasteiger partial charge >= 0.3 is 5.97 Å². The molecule has 5 heteroatoms. The van der Waals surface area contributed by atoms with Crippen LogP contribution in [0.5, 0.6) is 0 Å². The number of carbonyl (C=O) groups is 1. The van der Waals surface area contributed by atoms with Crippen LogP contribution in [0, 0.1) is 6.92 Å². The Labute approximate surface area is 133 Å². The fourth-order valence-corrected chi connectivity index (χ4v) is 2.35. The Morgan fingerprint density at radius 2 is 1.86 bits per heavy atom. The van der Waals surface area contributed by atoms with Crippen LogP contribution in [0.25, 0.3) is 0 Å². The van der Waals surface area contributed by atoms with Crippen molar-refractivity contribution in [1.29, 1.82) is 0 Å². The highest BCUT2D eigenvalue weighted by atomic mass is 35.5. The summed E-state index contributed by atoms with van der Waals surface area (Å²) in [4.78, 5) is 11.5. The standard InChI is InChI=1S/C16H15Cl2NO2/c1-10-12(17)7-8-14(16(10)18)19-13-6-4-3-5-11(13)9-15(20)21-2/h3-8,19H,9H2,1-2H3. The Hall–Kier alpha value is -1.71. The number of hydrogen-bond donors (Lipinski definition) is 1. The first kappa shape index (κ1) is 15.7. The van der Waals surface area contributed by atoms with E-state index in [0.29, 0.717) is 10.0 Å². The Bertz CT molecular complexity index is 671. The van der Waals surface area contributed by atoms with Crippen molar-refractivity contribution < 1.29 is 9.53 Å². The van der Waals surface area contributed by atoms with Crippen molar-refractivity contribution in [2.75, 3.05) is 12.4 Å². The number of rotatable bonds is 4. The van der Waals surface area contributed by atoms with Crippen LogP contribution in [0.3, 0.4) is 0 Å². The number of esters is 1. The van der Waals surface area contributed by atoms with Gasteiger partial charge in [0.25, 0.3) is 0 Å². The molecule has 0 aliphatic rings. The van der Waals surface area contributed by atoms with Gasteiger partial charge in [0.2, 0.25) is 0 Å². The van der Waals surface area contributed by atoms with Crippen LogP contribution in [-0.2, 0) is 16.0 Å². The molecule has 0 fully saturated rings. The third-order valence-electron chi connectivity index (χ3n) is 3.17. The van der Waals surface area contributed by atoms with Crippen LogP contribution < -0.4 is 5.32 Å². The topological polar surface area (TPSA) is 38.3 Å². The first-order valence-corrected chi connectivity index (χ1v) is 7.15. The van der Waals surface area contributed by atoms with Crippen molar-refractivity contribution in [3.8, 4) is 0 Å². The minimum Gasteiger partial charge on any atom is -0.469 e. The van der Waals surface area contributed by atoms with E-state index < -0.39 is 0 Å². The summed E-state index contributed by atoms with van der Waals surface area (Å²) < 4.78 is 4.71. The summed E-state index contributed by atoms with van der Waals surface area (Å²) >= 11 is 12.3. The average Bonchev–Trinajstić information content (AvgIpc) is 2.49. The number of methoxy groups -OCH3 is 1. The van der Waals surface area contributed by atoms with Crippen molar-refractivity contribution in [3.63, 3.8) is 0 Å². The Morgan fingerprint density at radius 1 is 1.14 bits per heavy atom. The molecule has 0 saturated carbocycles. The van der Waals surface area contributed by atoms with Gasteiger partial charge < -0.3 is 10.1 Å². The molecule has 0 radical (unpaired) electrons. The van der Waals surface area contributed by atoms with E-state index in [1.165, 1.54) is 7.11 Å². The highest BCUT2D eigenvalue weighted by Gasteiger charge is 2.11. The zero-order valence-corrected chi connectivity index (χ0v) is 13.3. The van der Waals surface area contributed by atoms with Gasteiger partial charge in [0, 0.05) is 10.7 Å². The number of anilines is 2. The van der Waals surface area contributed by atoms with Crippen molar-refractivity contribution in [1.82, 2.24) is 0 Å². The van der Waals surface area contributed by atoms with Crippen LogP contribution in [0.4, 0.5) is 11.4 Å². The summed E-state index contributed by atoms with van der Waals surface area (Å²) in [6.07, 6.45) is 0.198. The molecule has 110 valence electrons. The van der Waals surface area contributed by atoms with Crippen LogP contribution in [0.1, 0.15) is 11.1 Å². The smallest absolute Gasteiger partial charge is 0.310 e. The molecule has 0 saturated heterocycles. The largest absolute Gasteiger partial charge is 0.469 e. The lowest BCUT2D eigenvalue weighted by Gasteiger charge is -2.14. The lowest BCUT2D eigenvalue weighted by molar-refractivity contribution is -0.139. The van der Waals surface area contributed by atoms with E-state index in [1.807, 2.05) is 37.3 Å². The third kappa shape index (κ3) is 3.69. The van der Waals surface area contributed by atoms with E-state index in [4.69, 9.17) is 27.9 Å². The second kappa shape index (κ2) is 6.83. The minimum absolute atomic E-state index is 0.198. The highest BCUT2D eigenvalue weighted by molar-refractivity contribution is 6.37. The Kier molecular flexibility index (Phi) is 5.10. The summed E-state index contributed by atoms with van der Waals surface area (Å²) in [6.45, 7) is 1.86. The van der Waals surface area contributed by atoms with Crippen molar-refractivity contribution in [2.45, 2.75) is 13.3 Å². The second-order valence-electron chi connectivity index (χ2n) is 4.57. The molecule has 0 heterocycles. The molecule has 3 nitrogen and oxygen atoms in total. The number of para-hydroxylation sites is 1. The van der Waals surface area contributed by atoms with E-state index >= 15 is 0 Å². The fourth-order valence-electron chi connectivity index (χ4n) is 1.93. The van der Waals surface area contributed by atoms with Crippen molar-refractivity contribution >= 4 is 40.5 Å². The van der Waals surface area contributed by atoms with E-state index in [-0.39, 0.29) is 12.4 Å². The van der Waals surface area contributed by atoms with E-state index in [2.05, 4.69) is 5.32 Å². The SMILES string of the molecule is COC(=O)Cc1ccccc1Nc1ccc(Cl)c(C)c1Cl. The first-order valence-electron chi connectivity index (χ1n) is 6.39. The van der Waals surface area contributed by atoms with Gasteiger partial charge in [-0.25, -0.2) is 0 Å². The average molecular weight is 324 g/mol. The maximum absolute atomic E-state index is 11.5. The molecule has 0 bridgehead atoms. The molecule has 0 atom stereocenters. The molecule has 1 N–H and O–H groups in total. The first-order chi connectivity index (χ1) is 10.0. The van der Waals surface area contributed by atoms with Gasteiger partial charge in [-0.05, 0) is 36.2 Å². The lowest BCUT2D eigenvalue weighted by atomic mass is 10.1. The normalized spacial score (nSPS) is 10.3. The molecule has 2 aromatic rings. The molecule has 0 amide bonds. The summed E-state index contributed by atoms with van der Waals surface area (Å²) in [5.41, 5.74) is 3.21. The Balaban J connectivity index is 2.32. The monoisotopic (exact) mass is 323 g/mol. The molecule has 0 spiro atoms. The number of carbonyl (C=O) groups excluding carboxylic acids is 1. The number of benzene rings is 2. The number of halogens is 2. The fraction of sp³-hybridized carbons (Fsp3) is 0.188. The van der Waals surface area contributed by atoms with Gasteiger partial charge in [-0.15, -0.1) is 0 Å². The van der Waals surface area contributed by atoms with E-state index in [1.54, 1.807) is 6.07 Å². The maximum Gasteiger partial charge on any atom is 0.310 e. The molecule has 2 rings (SSSR count). The third-order valence-corrected chi connectivity index (χ3v) is 4.07. The molecule has 0 aromatic heterocycles. The summed E-state index contributed by atoms with van der Waals surface area (Å²) in [5, 5.41) is 4.42. The van der Waals surface area contributed by atoms with Gasteiger partial charge in [0.1, 0.15) is 0 Å². The van der Waals surface area contributed by atoms with Crippen LogP contribution in [0.2, 0.25) is 10.0 Å². The number of ether oxygens (including phenoxy) is 1. The van der Waals surface area contributed by atoms with Gasteiger partial charge in [0.15, 0.2) is 0 Å². The summed E-state index contributed by atoms with van der Waals surface area (Å²) in [6, 6.07) is 11.1. The predicted molar refractivity (Wildman–Crippen MR) is 86.6 cm³/mol. The number of nitrogens with one attached hydrogen (secondary N) is 1. The molecule has 0 aliphatic heterocycles. The molecule has 21 heavy (non-hydrogen) atoms. The zero-order valence-electron chi connectivity index (χ0n) is 11.7. The Morgan fingerprint density at radius 3 is 2.57 bits per heavy atom. The second-order valence-corrected chi connectivity index (χ2v) is 5.35.